The number of amides is 3. The molecule has 0 radical (unpaired) electrons. The number of benzene rings is 1. The SMILES string of the molecule is O=C(CSC1CC(=O)N(c2ccc(Br)cc2)C1=O)N1CCOCC1. The molecule has 0 spiro atoms. The number of hydrogen-bond donors (Lipinski definition) is 0. The van der Waals surface area contributed by atoms with Crippen molar-refractivity contribution in [1.29, 1.82) is 0 Å². The average Bonchev–Trinajstić information content (AvgIpc) is 2.88. The molecular formula is C16H17BrN2O4S. The molecule has 0 aliphatic carbocycles. The summed E-state index contributed by atoms with van der Waals surface area (Å²) >= 11 is 4.58. The Hall–Kier alpha value is -1.38. The van der Waals surface area contributed by atoms with Crippen molar-refractivity contribution >= 4 is 51.1 Å². The Bertz CT molecular complexity index is 646. The number of morpholine rings is 1. The normalized spacial score (nSPS) is 21.5. The number of ether oxygens (including phenoxy) is 1. The van der Waals surface area contributed by atoms with Gasteiger partial charge in [0, 0.05) is 24.0 Å². The lowest BCUT2D eigenvalue weighted by Crippen LogP contribution is -2.42. The highest BCUT2D eigenvalue weighted by molar-refractivity contribution is 9.10. The van der Waals surface area contributed by atoms with Gasteiger partial charge in [0.25, 0.3) is 0 Å². The summed E-state index contributed by atoms with van der Waals surface area (Å²) in [5.41, 5.74) is 0.566. The highest BCUT2D eigenvalue weighted by Crippen LogP contribution is 2.30. The lowest BCUT2D eigenvalue weighted by atomic mass is 10.3. The minimum atomic E-state index is -0.494. The molecule has 2 fully saturated rings. The molecule has 0 saturated carbocycles. The van der Waals surface area contributed by atoms with E-state index in [0.717, 1.165) is 4.47 Å². The van der Waals surface area contributed by atoms with Crippen LogP contribution in [0, 0.1) is 0 Å². The topological polar surface area (TPSA) is 66.9 Å². The van der Waals surface area contributed by atoms with E-state index in [4.69, 9.17) is 4.74 Å². The average molecular weight is 413 g/mol. The van der Waals surface area contributed by atoms with E-state index < -0.39 is 5.25 Å². The quantitative estimate of drug-likeness (QED) is 0.703. The Kier molecular flexibility index (Phi) is 5.57. The molecule has 24 heavy (non-hydrogen) atoms. The van der Waals surface area contributed by atoms with Crippen LogP contribution in [-0.4, -0.2) is 59.9 Å². The molecule has 2 heterocycles. The highest BCUT2D eigenvalue weighted by Gasteiger charge is 2.40. The van der Waals surface area contributed by atoms with Crippen LogP contribution >= 0.6 is 27.7 Å². The molecule has 1 aromatic carbocycles. The Labute approximate surface area is 152 Å². The standard InChI is InChI=1S/C16H17BrN2O4S/c17-11-1-3-12(4-2-11)19-14(20)9-13(16(19)22)24-10-15(21)18-5-7-23-8-6-18/h1-4,13H,5-10H2. The van der Waals surface area contributed by atoms with Gasteiger partial charge in [0.05, 0.1) is 29.9 Å². The second kappa shape index (κ2) is 7.67. The Morgan fingerprint density at radius 2 is 1.88 bits per heavy atom. The number of imide groups is 1. The summed E-state index contributed by atoms with van der Waals surface area (Å²) in [6.07, 6.45) is 0.135. The molecule has 2 aliphatic heterocycles. The van der Waals surface area contributed by atoms with E-state index in [0.29, 0.717) is 32.0 Å². The summed E-state index contributed by atoms with van der Waals surface area (Å²) in [7, 11) is 0. The third-order valence-electron chi connectivity index (χ3n) is 3.96. The molecule has 128 valence electrons. The lowest BCUT2D eigenvalue weighted by molar-refractivity contribution is -0.132. The molecule has 1 aromatic rings. The number of halogens is 1. The van der Waals surface area contributed by atoms with Crippen molar-refractivity contribution in [3.63, 3.8) is 0 Å². The molecule has 3 amide bonds. The fraction of sp³-hybridized carbons (Fsp3) is 0.438. The van der Waals surface area contributed by atoms with Crippen LogP contribution in [-0.2, 0) is 19.1 Å². The summed E-state index contributed by atoms with van der Waals surface area (Å²) < 4.78 is 6.10. The predicted molar refractivity (Wildman–Crippen MR) is 94.9 cm³/mol. The minimum Gasteiger partial charge on any atom is -0.378 e. The monoisotopic (exact) mass is 412 g/mol. The van der Waals surface area contributed by atoms with Crippen LogP contribution in [0.3, 0.4) is 0 Å². The smallest absolute Gasteiger partial charge is 0.247 e. The van der Waals surface area contributed by atoms with Crippen molar-refractivity contribution in [3.05, 3.63) is 28.7 Å². The van der Waals surface area contributed by atoms with E-state index in [9.17, 15) is 14.4 Å². The van der Waals surface area contributed by atoms with Crippen molar-refractivity contribution in [3.8, 4) is 0 Å². The third-order valence-corrected chi connectivity index (χ3v) is 5.67. The second-order valence-corrected chi connectivity index (χ2v) is 7.65. The number of thioether (sulfide) groups is 1. The predicted octanol–water partition coefficient (Wildman–Crippen LogP) is 1.67. The van der Waals surface area contributed by atoms with Crippen LogP contribution in [0.1, 0.15) is 6.42 Å². The van der Waals surface area contributed by atoms with Gasteiger partial charge >= 0.3 is 0 Å². The summed E-state index contributed by atoms with van der Waals surface area (Å²) in [6.45, 7) is 2.27. The van der Waals surface area contributed by atoms with E-state index in [1.165, 1.54) is 16.7 Å². The fourth-order valence-electron chi connectivity index (χ4n) is 2.67. The van der Waals surface area contributed by atoms with E-state index in [1.807, 2.05) is 0 Å². The molecule has 2 saturated heterocycles. The third kappa shape index (κ3) is 3.81. The number of nitrogens with zero attached hydrogens (tertiary/aromatic N) is 2. The Morgan fingerprint density at radius 3 is 2.54 bits per heavy atom. The van der Waals surface area contributed by atoms with Crippen LogP contribution in [0.25, 0.3) is 0 Å². The van der Waals surface area contributed by atoms with Gasteiger partial charge in [-0.3, -0.25) is 14.4 Å². The van der Waals surface area contributed by atoms with E-state index >= 15 is 0 Å². The van der Waals surface area contributed by atoms with Gasteiger partial charge in [-0.25, -0.2) is 4.90 Å². The van der Waals surface area contributed by atoms with Crippen molar-refractivity contribution < 1.29 is 19.1 Å². The summed E-state index contributed by atoms with van der Waals surface area (Å²) in [5, 5.41) is -0.494. The van der Waals surface area contributed by atoms with Crippen molar-refractivity contribution in [2.45, 2.75) is 11.7 Å². The van der Waals surface area contributed by atoms with Crippen LogP contribution in [0.4, 0.5) is 5.69 Å². The first-order valence-electron chi connectivity index (χ1n) is 7.66. The first-order chi connectivity index (χ1) is 11.6. The van der Waals surface area contributed by atoms with Crippen LogP contribution in [0.5, 0.6) is 0 Å². The molecule has 3 rings (SSSR count). The summed E-state index contributed by atoms with van der Waals surface area (Å²) in [5.74, 6) is -0.274. The molecule has 1 atom stereocenters. The molecular weight excluding hydrogens is 396 g/mol. The summed E-state index contributed by atoms with van der Waals surface area (Å²) in [6, 6.07) is 7.04. The molecule has 2 aliphatic rings. The van der Waals surface area contributed by atoms with Crippen molar-refractivity contribution in [1.82, 2.24) is 4.90 Å². The zero-order chi connectivity index (χ0) is 17.1. The van der Waals surface area contributed by atoms with Crippen LogP contribution < -0.4 is 4.90 Å². The molecule has 8 heteroatoms. The largest absolute Gasteiger partial charge is 0.378 e. The lowest BCUT2D eigenvalue weighted by Gasteiger charge is -2.27. The minimum absolute atomic E-state index is 0.00867. The number of hydrogen-bond acceptors (Lipinski definition) is 5. The van der Waals surface area contributed by atoms with Crippen molar-refractivity contribution in [2.75, 3.05) is 37.0 Å². The Balaban J connectivity index is 1.59. The molecule has 0 N–H and O–H groups in total. The first kappa shape index (κ1) is 17.4. The number of carbonyl (C=O) groups excluding carboxylic acids is 3. The van der Waals surface area contributed by atoms with Crippen LogP contribution in [0.2, 0.25) is 0 Å². The highest BCUT2D eigenvalue weighted by atomic mass is 79.9. The van der Waals surface area contributed by atoms with Crippen molar-refractivity contribution in [2.24, 2.45) is 0 Å². The number of anilines is 1. The molecule has 0 aromatic heterocycles. The van der Waals surface area contributed by atoms with Gasteiger partial charge < -0.3 is 9.64 Å². The zero-order valence-corrected chi connectivity index (χ0v) is 15.3. The van der Waals surface area contributed by atoms with Gasteiger partial charge in [-0.2, -0.15) is 0 Å². The van der Waals surface area contributed by atoms with Crippen LogP contribution in [0.15, 0.2) is 28.7 Å². The van der Waals surface area contributed by atoms with Gasteiger partial charge in [-0.1, -0.05) is 15.9 Å². The van der Waals surface area contributed by atoms with E-state index in [2.05, 4.69) is 15.9 Å². The molecule has 0 bridgehead atoms. The van der Waals surface area contributed by atoms with Gasteiger partial charge in [-0.05, 0) is 24.3 Å². The van der Waals surface area contributed by atoms with Gasteiger partial charge in [0.1, 0.15) is 0 Å². The van der Waals surface area contributed by atoms with Gasteiger partial charge in [0.2, 0.25) is 17.7 Å². The van der Waals surface area contributed by atoms with Gasteiger partial charge in [-0.15, -0.1) is 11.8 Å². The maximum absolute atomic E-state index is 12.5. The molecule has 6 nitrogen and oxygen atoms in total. The maximum Gasteiger partial charge on any atom is 0.247 e. The fourth-order valence-corrected chi connectivity index (χ4v) is 3.97. The summed E-state index contributed by atoms with van der Waals surface area (Å²) in [4.78, 5) is 39.8. The number of rotatable bonds is 4. The van der Waals surface area contributed by atoms with E-state index in [1.54, 1.807) is 29.2 Å². The van der Waals surface area contributed by atoms with Gasteiger partial charge in [0.15, 0.2) is 0 Å². The first-order valence-corrected chi connectivity index (χ1v) is 9.50. The number of carbonyl (C=O) groups is 3. The molecule has 1 unspecified atom stereocenters. The zero-order valence-electron chi connectivity index (χ0n) is 12.9. The second-order valence-electron chi connectivity index (χ2n) is 5.54. The Morgan fingerprint density at radius 1 is 1.21 bits per heavy atom. The maximum atomic E-state index is 12.5. The van der Waals surface area contributed by atoms with E-state index in [-0.39, 0.29) is 29.9 Å².